The molecule has 4 heterocycles. The van der Waals surface area contributed by atoms with Crippen LogP contribution in [-0.4, -0.2) is 55.9 Å². The molecule has 42 heavy (non-hydrogen) atoms. The van der Waals surface area contributed by atoms with Crippen LogP contribution < -0.4 is 10.6 Å². The van der Waals surface area contributed by atoms with Crippen molar-refractivity contribution < 1.29 is 19.2 Å². The van der Waals surface area contributed by atoms with E-state index >= 15 is 0 Å². The number of aromatic nitrogens is 3. The molecule has 3 saturated carbocycles. The van der Waals surface area contributed by atoms with Crippen molar-refractivity contribution in [3.8, 4) is 11.3 Å². The molecule has 10 heteroatoms. The molecule has 3 aliphatic carbocycles. The fourth-order valence-corrected chi connectivity index (χ4v) is 6.58. The van der Waals surface area contributed by atoms with Gasteiger partial charge in [-0.05, 0) is 81.2 Å². The van der Waals surface area contributed by atoms with Gasteiger partial charge >= 0.3 is 0 Å². The van der Waals surface area contributed by atoms with E-state index in [1.165, 1.54) is 42.6 Å². The van der Waals surface area contributed by atoms with Crippen LogP contribution in [0.4, 0.5) is 5.69 Å². The Morgan fingerprint density at radius 1 is 0.881 bits per heavy atom. The van der Waals surface area contributed by atoms with Gasteiger partial charge in [0.1, 0.15) is 6.04 Å². The minimum Gasteiger partial charge on any atom is -0.385 e. The molecule has 0 spiro atoms. The Kier molecular flexibility index (Phi) is 5.80. The Bertz CT molecular complexity index is 1650. The van der Waals surface area contributed by atoms with Gasteiger partial charge in [0.05, 0.1) is 28.6 Å². The molecular weight excluding hydrogens is 532 g/mol. The maximum Gasteiger partial charge on any atom is 0.262 e. The smallest absolute Gasteiger partial charge is 0.262 e. The zero-order valence-corrected chi connectivity index (χ0v) is 23.2. The molecule has 8 rings (SSSR count). The number of fused-ring (bicyclic) bond motifs is 1. The van der Waals surface area contributed by atoms with Gasteiger partial charge in [0.15, 0.2) is 0 Å². The van der Waals surface area contributed by atoms with Gasteiger partial charge < -0.3 is 5.32 Å². The van der Waals surface area contributed by atoms with E-state index in [0.29, 0.717) is 23.8 Å². The van der Waals surface area contributed by atoms with E-state index in [4.69, 9.17) is 10.1 Å². The molecule has 1 unspecified atom stereocenters. The summed E-state index contributed by atoms with van der Waals surface area (Å²) in [5.74, 6) is -0.330. The van der Waals surface area contributed by atoms with Crippen LogP contribution in [-0.2, 0) is 9.59 Å². The quantitative estimate of drug-likeness (QED) is 0.394. The summed E-state index contributed by atoms with van der Waals surface area (Å²) < 4.78 is 2.16. The van der Waals surface area contributed by atoms with E-state index in [2.05, 4.69) is 39.7 Å². The van der Waals surface area contributed by atoms with Crippen LogP contribution >= 0.6 is 0 Å². The maximum atomic E-state index is 13.1. The summed E-state index contributed by atoms with van der Waals surface area (Å²) >= 11 is 0. The lowest BCUT2D eigenvalue weighted by molar-refractivity contribution is -0.136. The Balaban J connectivity index is 0.913. The lowest BCUT2D eigenvalue weighted by Crippen LogP contribution is -2.54. The molecule has 2 aromatic heterocycles. The molecule has 4 amide bonds. The second-order valence-corrected chi connectivity index (χ2v) is 12.5. The average molecular weight is 565 g/mol. The van der Waals surface area contributed by atoms with Crippen molar-refractivity contribution in [3.63, 3.8) is 0 Å². The van der Waals surface area contributed by atoms with Crippen LogP contribution in [0.2, 0.25) is 0 Å². The largest absolute Gasteiger partial charge is 0.385 e. The number of carbonyl (C=O) groups is 4. The number of pyridine rings is 1. The van der Waals surface area contributed by atoms with Gasteiger partial charge in [-0.1, -0.05) is 6.07 Å². The number of rotatable bonds is 8. The molecule has 0 bridgehead atoms. The van der Waals surface area contributed by atoms with Crippen molar-refractivity contribution in [2.75, 3.05) is 11.9 Å². The van der Waals surface area contributed by atoms with E-state index in [1.807, 2.05) is 0 Å². The highest BCUT2D eigenvalue weighted by atomic mass is 16.2. The third kappa shape index (κ3) is 4.40. The van der Waals surface area contributed by atoms with E-state index in [9.17, 15) is 19.2 Å². The number of anilines is 1. The highest BCUT2D eigenvalue weighted by molar-refractivity contribution is 6.23. The van der Waals surface area contributed by atoms with Gasteiger partial charge in [0, 0.05) is 47.9 Å². The molecule has 1 aromatic carbocycles. The highest BCUT2D eigenvalue weighted by Gasteiger charge is 2.44. The van der Waals surface area contributed by atoms with Crippen molar-refractivity contribution >= 4 is 29.3 Å². The normalized spacial score (nSPS) is 25.3. The number of nitrogens with zero attached hydrogens (tertiary/aromatic N) is 4. The standard InChI is InChI=1S/C32H32N6O4/c39-28-11-10-27(30(40)35-28)38-31(41)22-9-8-20(14-23(22)32(38)42)33-15-17-12-21(13-17)37-16-24(29(36-37)19-6-7-19)26-3-1-2-25(34-26)18-4-5-18/h1-3,8-9,14,16-19,21,27,33H,4-7,10-13,15H2,(H,35,39,40). The van der Waals surface area contributed by atoms with Gasteiger partial charge in [0.2, 0.25) is 11.8 Å². The van der Waals surface area contributed by atoms with Crippen LogP contribution in [0.5, 0.6) is 0 Å². The minimum absolute atomic E-state index is 0.102. The minimum atomic E-state index is -0.959. The molecule has 5 aliphatic rings. The van der Waals surface area contributed by atoms with Crippen molar-refractivity contribution in [2.45, 2.75) is 75.3 Å². The van der Waals surface area contributed by atoms with Crippen molar-refractivity contribution in [2.24, 2.45) is 5.92 Å². The van der Waals surface area contributed by atoms with Crippen LogP contribution in [0.1, 0.15) is 101 Å². The number of imide groups is 2. The molecule has 2 N–H and O–H groups in total. The summed E-state index contributed by atoms with van der Waals surface area (Å²) in [5.41, 5.74) is 5.98. The van der Waals surface area contributed by atoms with Crippen LogP contribution in [0, 0.1) is 5.92 Å². The average Bonchev–Trinajstić information content (AvgIpc) is 3.90. The molecule has 2 aliphatic heterocycles. The molecule has 1 atom stereocenters. The molecule has 214 valence electrons. The highest BCUT2D eigenvalue weighted by Crippen LogP contribution is 2.46. The number of hydrogen-bond acceptors (Lipinski definition) is 7. The van der Waals surface area contributed by atoms with Crippen LogP contribution in [0.15, 0.2) is 42.6 Å². The van der Waals surface area contributed by atoms with E-state index < -0.39 is 23.8 Å². The Morgan fingerprint density at radius 2 is 1.67 bits per heavy atom. The van der Waals surface area contributed by atoms with Crippen molar-refractivity contribution in [1.82, 2.24) is 25.0 Å². The first-order valence-electron chi connectivity index (χ1n) is 15.1. The third-order valence-electron chi connectivity index (χ3n) is 9.39. The zero-order valence-electron chi connectivity index (χ0n) is 23.2. The summed E-state index contributed by atoms with van der Waals surface area (Å²) in [6, 6.07) is 10.9. The number of benzene rings is 1. The predicted octanol–water partition coefficient (Wildman–Crippen LogP) is 4.16. The Morgan fingerprint density at radius 3 is 2.43 bits per heavy atom. The summed E-state index contributed by atoms with van der Waals surface area (Å²) in [6.07, 6.45) is 9.36. The summed E-state index contributed by atoms with van der Waals surface area (Å²) in [4.78, 5) is 55.9. The molecule has 0 radical (unpaired) electrons. The first-order valence-corrected chi connectivity index (χ1v) is 15.1. The Hall–Kier alpha value is -4.34. The summed E-state index contributed by atoms with van der Waals surface area (Å²) in [5, 5.41) is 10.7. The Labute approximate surface area is 242 Å². The van der Waals surface area contributed by atoms with Crippen LogP contribution in [0.25, 0.3) is 11.3 Å². The van der Waals surface area contributed by atoms with Crippen molar-refractivity contribution in [3.05, 3.63) is 65.1 Å². The van der Waals surface area contributed by atoms with Crippen molar-refractivity contribution in [1.29, 1.82) is 0 Å². The second kappa shape index (κ2) is 9.61. The lowest BCUT2D eigenvalue weighted by Gasteiger charge is -2.35. The van der Waals surface area contributed by atoms with Crippen LogP contribution in [0.3, 0.4) is 0 Å². The molecule has 10 nitrogen and oxygen atoms in total. The number of nitrogens with one attached hydrogen (secondary N) is 2. The molecule has 4 fully saturated rings. The zero-order chi connectivity index (χ0) is 28.5. The fraction of sp³-hybridized carbons (Fsp3) is 0.438. The SMILES string of the molecule is O=C1CCC(N2C(=O)c3ccc(NCC4CC(n5cc(-c6cccc(C7CC7)n6)c(C6CC6)n5)C4)cc3C2=O)C(=O)N1. The molecule has 1 saturated heterocycles. The number of carbonyl (C=O) groups excluding carboxylic acids is 4. The lowest BCUT2D eigenvalue weighted by atomic mass is 9.80. The van der Waals surface area contributed by atoms with Gasteiger partial charge in [-0.25, -0.2) is 0 Å². The predicted molar refractivity (Wildman–Crippen MR) is 153 cm³/mol. The second-order valence-electron chi connectivity index (χ2n) is 12.5. The monoisotopic (exact) mass is 564 g/mol. The van der Waals surface area contributed by atoms with E-state index in [1.54, 1.807) is 18.2 Å². The number of amides is 4. The summed E-state index contributed by atoms with van der Waals surface area (Å²) in [7, 11) is 0. The maximum absolute atomic E-state index is 13.1. The number of piperidine rings is 1. The first-order chi connectivity index (χ1) is 20.4. The number of hydrogen-bond donors (Lipinski definition) is 2. The molecular formula is C32H32N6O4. The van der Waals surface area contributed by atoms with Gasteiger partial charge in [0.25, 0.3) is 11.8 Å². The van der Waals surface area contributed by atoms with Gasteiger partial charge in [-0.15, -0.1) is 0 Å². The van der Waals surface area contributed by atoms with Gasteiger partial charge in [-0.3, -0.25) is 39.1 Å². The van der Waals surface area contributed by atoms with E-state index in [-0.39, 0.29) is 29.9 Å². The molecule has 3 aromatic rings. The summed E-state index contributed by atoms with van der Waals surface area (Å²) in [6.45, 7) is 0.753. The van der Waals surface area contributed by atoms with E-state index in [0.717, 1.165) is 35.7 Å². The fourth-order valence-electron chi connectivity index (χ4n) is 6.58. The third-order valence-corrected chi connectivity index (χ3v) is 9.39. The topological polar surface area (TPSA) is 126 Å². The first kappa shape index (κ1) is 25.4. The van der Waals surface area contributed by atoms with Gasteiger partial charge in [-0.2, -0.15) is 5.10 Å².